The van der Waals surface area contributed by atoms with Crippen LogP contribution in [0.1, 0.15) is 148 Å². The first-order valence-electron chi connectivity index (χ1n) is 15.2. The normalized spacial score (nSPS) is 14.9. The molecule has 1 saturated heterocycles. The van der Waals surface area contributed by atoms with Gasteiger partial charge >= 0.3 is 0 Å². The highest BCUT2D eigenvalue weighted by Crippen LogP contribution is 2.32. The zero-order valence-corrected chi connectivity index (χ0v) is 23.3. The van der Waals surface area contributed by atoms with Crippen molar-refractivity contribution in [3.8, 4) is 11.6 Å². The van der Waals surface area contributed by atoms with Gasteiger partial charge in [-0.15, -0.1) is 0 Å². The molecule has 0 radical (unpaired) electrons. The molecule has 0 bridgehead atoms. The minimum absolute atomic E-state index is 0.0453. The lowest BCUT2D eigenvalue weighted by molar-refractivity contribution is 0.192. The number of hydrogen-bond acceptors (Lipinski definition) is 5. The van der Waals surface area contributed by atoms with E-state index in [1.54, 1.807) is 0 Å². The second-order valence-corrected chi connectivity index (χ2v) is 10.7. The van der Waals surface area contributed by atoms with Crippen molar-refractivity contribution in [2.45, 2.75) is 155 Å². The molecule has 5 heteroatoms. The maximum absolute atomic E-state index is 10.9. The van der Waals surface area contributed by atoms with Crippen LogP contribution in [-0.2, 0) is 6.42 Å². The number of aromatic hydroxyl groups is 1. The zero-order valence-electron chi connectivity index (χ0n) is 23.3. The molecular weight excluding hydrogens is 434 g/mol. The van der Waals surface area contributed by atoms with Crippen LogP contribution >= 0.6 is 0 Å². The Morgan fingerprint density at radius 3 is 1.83 bits per heavy atom. The lowest BCUT2D eigenvalue weighted by Crippen LogP contribution is -2.31. The highest BCUT2D eigenvalue weighted by molar-refractivity contribution is 5.44. The standard InChI is InChI=1S/C30H55N3O2/c1-4-6-7-8-9-10-11-12-13-14-15-16-17-19-23-27-28(34)29(35-26(3)22-5-2)32-30(31-27)33-24-20-18-21-25-33/h26,34H,4-25H2,1-3H3. The first-order chi connectivity index (χ1) is 17.2. The van der Waals surface area contributed by atoms with Gasteiger partial charge in [0, 0.05) is 13.1 Å². The van der Waals surface area contributed by atoms with Crippen LogP contribution in [0.4, 0.5) is 5.95 Å². The fourth-order valence-electron chi connectivity index (χ4n) is 5.10. The number of unbranched alkanes of at least 4 members (excludes halogenated alkanes) is 13. The van der Waals surface area contributed by atoms with E-state index in [9.17, 15) is 5.11 Å². The monoisotopic (exact) mass is 489 g/mol. The Labute approximate surface area is 216 Å². The molecule has 1 aromatic rings. The van der Waals surface area contributed by atoms with Gasteiger partial charge in [-0.05, 0) is 45.4 Å². The van der Waals surface area contributed by atoms with Gasteiger partial charge in [0.25, 0.3) is 5.88 Å². The quantitative estimate of drug-likeness (QED) is 0.185. The predicted molar refractivity (Wildman–Crippen MR) is 149 cm³/mol. The summed E-state index contributed by atoms with van der Waals surface area (Å²) in [7, 11) is 0. The number of nitrogens with zero attached hydrogens (tertiary/aromatic N) is 3. The van der Waals surface area contributed by atoms with E-state index in [-0.39, 0.29) is 11.9 Å². The fourth-order valence-corrected chi connectivity index (χ4v) is 5.10. The van der Waals surface area contributed by atoms with Crippen molar-refractivity contribution >= 4 is 5.95 Å². The Bertz CT molecular complexity index is 661. The SMILES string of the molecule is CCCCCCCCCCCCCCCCc1nc(N2CCCCC2)nc(OC(C)CCC)c1O. The predicted octanol–water partition coefficient (Wildman–Crippen LogP) is 8.76. The maximum Gasteiger partial charge on any atom is 0.262 e. The molecule has 2 rings (SSSR count). The molecule has 1 aromatic heterocycles. The van der Waals surface area contributed by atoms with E-state index >= 15 is 0 Å². The van der Waals surface area contributed by atoms with Crippen LogP contribution in [0.3, 0.4) is 0 Å². The molecule has 1 N–H and O–H groups in total. The van der Waals surface area contributed by atoms with E-state index in [1.165, 1.54) is 103 Å². The Morgan fingerprint density at radius 1 is 0.743 bits per heavy atom. The van der Waals surface area contributed by atoms with Gasteiger partial charge in [0.1, 0.15) is 0 Å². The van der Waals surface area contributed by atoms with Crippen LogP contribution in [0.15, 0.2) is 0 Å². The molecule has 0 spiro atoms. The van der Waals surface area contributed by atoms with Crippen molar-refractivity contribution in [1.29, 1.82) is 0 Å². The number of hydrogen-bond donors (Lipinski definition) is 1. The van der Waals surface area contributed by atoms with Gasteiger partial charge in [0.2, 0.25) is 11.7 Å². The van der Waals surface area contributed by atoms with Gasteiger partial charge in [-0.3, -0.25) is 0 Å². The van der Waals surface area contributed by atoms with E-state index in [1.807, 2.05) is 0 Å². The van der Waals surface area contributed by atoms with Crippen LogP contribution in [0.5, 0.6) is 11.6 Å². The van der Waals surface area contributed by atoms with Crippen molar-refractivity contribution in [3.63, 3.8) is 0 Å². The minimum Gasteiger partial charge on any atom is -0.502 e. The summed E-state index contributed by atoms with van der Waals surface area (Å²) in [6.45, 7) is 8.48. The molecule has 0 saturated carbocycles. The number of piperidine rings is 1. The summed E-state index contributed by atoms with van der Waals surface area (Å²) in [5, 5.41) is 10.9. The third-order valence-corrected chi connectivity index (χ3v) is 7.33. The number of anilines is 1. The molecule has 0 aromatic carbocycles. The van der Waals surface area contributed by atoms with Gasteiger partial charge in [0.15, 0.2) is 0 Å². The van der Waals surface area contributed by atoms with Gasteiger partial charge in [0.05, 0.1) is 11.8 Å². The Hall–Kier alpha value is -1.52. The molecule has 202 valence electrons. The lowest BCUT2D eigenvalue weighted by Gasteiger charge is -2.27. The Morgan fingerprint density at radius 2 is 1.29 bits per heavy atom. The van der Waals surface area contributed by atoms with Crippen molar-refractivity contribution < 1.29 is 9.84 Å². The summed E-state index contributed by atoms with van der Waals surface area (Å²) in [6.07, 6.45) is 25.4. The maximum atomic E-state index is 10.9. The largest absolute Gasteiger partial charge is 0.502 e. The van der Waals surface area contributed by atoms with Crippen molar-refractivity contribution in [1.82, 2.24) is 9.97 Å². The molecule has 1 fully saturated rings. The lowest BCUT2D eigenvalue weighted by atomic mass is 10.0. The molecular formula is C30H55N3O2. The van der Waals surface area contributed by atoms with E-state index in [4.69, 9.17) is 9.72 Å². The van der Waals surface area contributed by atoms with Gasteiger partial charge in [-0.25, -0.2) is 4.98 Å². The molecule has 5 nitrogen and oxygen atoms in total. The average Bonchev–Trinajstić information content (AvgIpc) is 2.87. The number of aryl methyl sites for hydroxylation is 1. The third-order valence-electron chi connectivity index (χ3n) is 7.33. The topological polar surface area (TPSA) is 58.5 Å². The van der Waals surface area contributed by atoms with Crippen molar-refractivity contribution in [3.05, 3.63) is 5.69 Å². The first kappa shape index (κ1) is 29.7. The van der Waals surface area contributed by atoms with Crippen LogP contribution < -0.4 is 9.64 Å². The summed E-state index contributed by atoms with van der Waals surface area (Å²) in [5.41, 5.74) is 0.762. The Kier molecular flexibility index (Phi) is 15.9. The van der Waals surface area contributed by atoms with Gasteiger partial charge in [-0.1, -0.05) is 104 Å². The molecule has 1 unspecified atom stereocenters. The number of aromatic nitrogens is 2. The third kappa shape index (κ3) is 12.3. The second kappa shape index (κ2) is 18.7. The average molecular weight is 490 g/mol. The molecule has 35 heavy (non-hydrogen) atoms. The van der Waals surface area contributed by atoms with Crippen molar-refractivity contribution in [2.75, 3.05) is 18.0 Å². The first-order valence-corrected chi connectivity index (χ1v) is 15.2. The summed E-state index contributed by atoms with van der Waals surface area (Å²) in [6, 6.07) is 0. The molecule has 1 atom stereocenters. The number of ether oxygens (including phenoxy) is 1. The molecule has 0 aliphatic carbocycles. The molecule has 2 heterocycles. The summed E-state index contributed by atoms with van der Waals surface area (Å²) < 4.78 is 6.05. The second-order valence-electron chi connectivity index (χ2n) is 10.7. The van der Waals surface area contributed by atoms with Crippen molar-refractivity contribution in [2.24, 2.45) is 0 Å². The molecule has 0 amide bonds. The molecule has 1 aliphatic rings. The van der Waals surface area contributed by atoms with Gasteiger partial charge in [-0.2, -0.15) is 4.98 Å². The van der Waals surface area contributed by atoms with E-state index in [0.717, 1.165) is 50.4 Å². The summed E-state index contributed by atoms with van der Waals surface area (Å²) >= 11 is 0. The van der Waals surface area contributed by atoms with E-state index < -0.39 is 0 Å². The number of rotatable bonds is 20. The van der Waals surface area contributed by atoms with Gasteiger partial charge < -0.3 is 14.7 Å². The van der Waals surface area contributed by atoms with Crippen LogP contribution in [-0.4, -0.2) is 34.3 Å². The summed E-state index contributed by atoms with van der Waals surface area (Å²) in [5.74, 6) is 1.27. The fraction of sp³-hybridized carbons (Fsp3) is 0.867. The van der Waals surface area contributed by atoms with Crippen LogP contribution in [0.25, 0.3) is 0 Å². The molecule has 1 aliphatic heterocycles. The summed E-state index contributed by atoms with van der Waals surface area (Å²) in [4.78, 5) is 11.7. The van der Waals surface area contributed by atoms with Crippen LogP contribution in [0.2, 0.25) is 0 Å². The Balaban J connectivity index is 1.70. The zero-order chi connectivity index (χ0) is 25.1. The van der Waals surface area contributed by atoms with E-state index in [0.29, 0.717) is 5.88 Å². The van der Waals surface area contributed by atoms with E-state index in [2.05, 4.69) is 30.7 Å². The van der Waals surface area contributed by atoms with Crippen LogP contribution in [0, 0.1) is 0 Å². The highest BCUT2D eigenvalue weighted by Gasteiger charge is 2.21. The smallest absolute Gasteiger partial charge is 0.262 e. The highest BCUT2D eigenvalue weighted by atomic mass is 16.5. The minimum atomic E-state index is 0.0453.